The van der Waals surface area contributed by atoms with E-state index in [1.165, 1.54) is 47.8 Å². The van der Waals surface area contributed by atoms with Gasteiger partial charge in [0, 0.05) is 62.3 Å². The van der Waals surface area contributed by atoms with Crippen LogP contribution < -0.4 is 25.5 Å². The lowest BCUT2D eigenvalue weighted by atomic mass is 9.87. The number of benzene rings is 2. The molecule has 28 heteroatoms. The highest BCUT2D eigenvalue weighted by atomic mass is 35.5. The number of aliphatic hydroxyl groups is 1. The predicted molar refractivity (Wildman–Crippen MR) is 340 cm³/mol. The molecule has 3 heterocycles. The number of methoxy groups -OCH3 is 2. The molecular formula is C63H87ClN6O19S2. The number of esters is 1. The Labute approximate surface area is 544 Å². The van der Waals surface area contributed by atoms with Crippen molar-refractivity contribution in [1.29, 1.82) is 0 Å². The van der Waals surface area contributed by atoms with Crippen LogP contribution in [-0.4, -0.2) is 190 Å². The Hall–Kier alpha value is -6.30. The highest BCUT2D eigenvalue weighted by Crippen LogP contribution is 2.39. The molecule has 0 radical (unpaired) electrons. The van der Waals surface area contributed by atoms with Crippen molar-refractivity contribution in [3.8, 4) is 11.5 Å². The number of hydrazone groups is 1. The van der Waals surface area contributed by atoms with E-state index in [1.807, 2.05) is 52.0 Å². The van der Waals surface area contributed by atoms with Gasteiger partial charge in [0.15, 0.2) is 5.72 Å². The molecule has 0 aromatic heterocycles. The van der Waals surface area contributed by atoms with E-state index in [9.17, 15) is 43.5 Å². The van der Waals surface area contributed by atoms with Gasteiger partial charge in [0.1, 0.15) is 47.5 Å². The lowest BCUT2D eigenvalue weighted by molar-refractivity contribution is -0.198. The van der Waals surface area contributed by atoms with Crippen molar-refractivity contribution in [2.45, 2.75) is 153 Å². The maximum absolute atomic E-state index is 13.9. The number of halogens is 1. The van der Waals surface area contributed by atoms with Gasteiger partial charge < -0.3 is 62.8 Å². The quantitative estimate of drug-likeness (QED) is 0.0195. The Kier molecular flexibility index (Phi) is 29.8. The van der Waals surface area contributed by atoms with Gasteiger partial charge in [-0.1, -0.05) is 63.9 Å². The zero-order valence-electron chi connectivity index (χ0n) is 53.1. The van der Waals surface area contributed by atoms with Gasteiger partial charge >= 0.3 is 18.0 Å². The van der Waals surface area contributed by atoms with Crippen LogP contribution in [0.2, 0.25) is 5.02 Å². The minimum atomic E-state index is -1.81. The minimum Gasteiger partial charge on any atom is -0.495 e. The Balaban J connectivity index is 0.885. The summed E-state index contributed by atoms with van der Waals surface area (Å²) in [5.74, 6) is -2.53. The number of fused-ring (bicyclic) bond motifs is 5. The molecule has 6 rings (SSSR count). The summed E-state index contributed by atoms with van der Waals surface area (Å²) in [5, 5.41) is 22.4. The molecule has 1 aliphatic carbocycles. The molecule has 4 bridgehead atoms. The number of imide groups is 1. The standard InChI is InChI=1S/C63H87ClN6O19S2/c1-40-11-9-14-52(81-8)63(79)38-51(88-61(78)66-63)41(2)15-16-46(37-53(71)65-49-34-43(33-40)35-50(80-7)59(49)64)87-60(77)42(3)69(6)55(73)22-32-90-91-62(4,5)39-54(72)68-67-48-13-10-12-44-36-45(17-18-47(44)48)86-31-30-85-29-28-84-27-26-83-25-24-82-23-21-58(76)89-70-56(74)19-20-57(70)75/h9,11,14,17-18,34-36,41-42,46,51-52,79H,10,12-13,15-16,19-33,37-39H2,1-8H3,(H,65,71)(H,66,78)(H,68,72)/b14-9+,40-11+,67-48+/t41?,42-,46?,51-,52?,63?/m0/s1. The Morgan fingerprint density at radius 2 is 1.60 bits per heavy atom. The van der Waals surface area contributed by atoms with Crippen LogP contribution in [0, 0.1) is 5.92 Å². The predicted octanol–water partition coefficient (Wildman–Crippen LogP) is 7.35. The van der Waals surface area contributed by atoms with Gasteiger partial charge in [0.25, 0.3) is 11.8 Å². The van der Waals surface area contributed by atoms with Crippen molar-refractivity contribution in [2.75, 3.05) is 91.8 Å². The van der Waals surface area contributed by atoms with E-state index in [1.54, 1.807) is 31.2 Å². The van der Waals surface area contributed by atoms with Crippen LogP contribution in [0.15, 0.2) is 59.2 Å². The van der Waals surface area contributed by atoms with Crippen LogP contribution in [0.25, 0.3) is 0 Å². The topological polar surface area (TPSA) is 304 Å². The highest BCUT2D eigenvalue weighted by molar-refractivity contribution is 8.77. The molecule has 3 aliphatic heterocycles. The first-order valence-electron chi connectivity index (χ1n) is 30.5. The Bertz CT molecular complexity index is 2930. The fourth-order valence-electron chi connectivity index (χ4n) is 10.1. The number of allylic oxidation sites excluding steroid dienone is 3. The van der Waals surface area contributed by atoms with Crippen LogP contribution in [0.1, 0.15) is 122 Å². The smallest absolute Gasteiger partial charge is 0.409 e. The number of amides is 6. The first kappa shape index (κ1) is 73.7. The van der Waals surface area contributed by atoms with Crippen molar-refractivity contribution in [1.82, 2.24) is 20.7 Å². The van der Waals surface area contributed by atoms with Gasteiger partial charge in [0.2, 0.25) is 17.7 Å². The second kappa shape index (κ2) is 36.8. The molecule has 4 unspecified atom stereocenters. The Morgan fingerprint density at radius 3 is 2.29 bits per heavy atom. The third-order valence-electron chi connectivity index (χ3n) is 15.2. The third kappa shape index (κ3) is 24.0. The molecule has 2 fully saturated rings. The molecule has 4 aliphatic rings. The van der Waals surface area contributed by atoms with E-state index in [-0.39, 0.29) is 87.3 Å². The zero-order valence-corrected chi connectivity index (χ0v) is 55.5. The molecule has 2 aromatic rings. The molecular weight excluding hydrogens is 1240 g/mol. The van der Waals surface area contributed by atoms with Crippen LogP contribution in [0.4, 0.5) is 10.5 Å². The minimum absolute atomic E-state index is 0.0203. The summed E-state index contributed by atoms with van der Waals surface area (Å²) in [6.07, 6.45) is 4.91. The summed E-state index contributed by atoms with van der Waals surface area (Å²) in [6.45, 7) is 11.9. The summed E-state index contributed by atoms with van der Waals surface area (Å²) in [5.41, 5.74) is 5.72. The van der Waals surface area contributed by atoms with Gasteiger partial charge in [-0.2, -0.15) is 5.10 Å². The van der Waals surface area contributed by atoms with E-state index in [0.717, 1.165) is 40.8 Å². The number of carbonyl (C=O) groups excluding carboxylic acids is 8. The first-order valence-corrected chi connectivity index (χ1v) is 33.2. The van der Waals surface area contributed by atoms with Crippen molar-refractivity contribution < 1.29 is 90.9 Å². The van der Waals surface area contributed by atoms with E-state index < -0.39 is 70.6 Å². The second-order valence-electron chi connectivity index (χ2n) is 23.1. The number of hydrogen-bond donors (Lipinski definition) is 4. The number of alkyl carbamates (subject to hydrolysis) is 1. The number of aryl methyl sites for hydroxylation is 1. The van der Waals surface area contributed by atoms with Crippen molar-refractivity contribution in [2.24, 2.45) is 11.0 Å². The zero-order chi connectivity index (χ0) is 66.1. The van der Waals surface area contributed by atoms with Crippen molar-refractivity contribution >= 4 is 92.2 Å². The van der Waals surface area contributed by atoms with Gasteiger partial charge in [-0.15, -0.1) is 5.06 Å². The van der Waals surface area contributed by atoms with E-state index in [0.29, 0.717) is 93.5 Å². The summed E-state index contributed by atoms with van der Waals surface area (Å²) < 4.78 is 50.3. The van der Waals surface area contributed by atoms with Gasteiger partial charge in [-0.3, -0.25) is 29.3 Å². The number of carbonyl (C=O) groups is 8. The monoisotopic (exact) mass is 1330 g/mol. The average Bonchev–Trinajstić information content (AvgIpc) is 1.47. The van der Waals surface area contributed by atoms with Gasteiger partial charge in [-0.05, 0) is 114 Å². The van der Waals surface area contributed by atoms with E-state index in [4.69, 9.17) is 59.1 Å². The lowest BCUT2D eigenvalue weighted by Crippen LogP contribution is -2.63. The molecule has 6 atom stereocenters. The van der Waals surface area contributed by atoms with E-state index in [2.05, 4.69) is 21.2 Å². The maximum Gasteiger partial charge on any atom is 0.409 e. The van der Waals surface area contributed by atoms with E-state index >= 15 is 0 Å². The number of ether oxygens (including phenoxy) is 9. The van der Waals surface area contributed by atoms with Gasteiger partial charge in [-0.25, -0.2) is 19.8 Å². The molecule has 0 saturated carbocycles. The fraction of sp³-hybridized carbons (Fsp3) is 0.603. The molecule has 4 N–H and O–H groups in total. The maximum atomic E-state index is 13.9. The average molecular weight is 1330 g/mol. The third-order valence-corrected chi connectivity index (χ3v) is 18.9. The largest absolute Gasteiger partial charge is 0.495 e. The molecule has 2 saturated heterocycles. The summed E-state index contributed by atoms with van der Waals surface area (Å²) >= 11 is 6.70. The number of hydroxylamine groups is 2. The Morgan fingerprint density at radius 1 is 0.923 bits per heavy atom. The summed E-state index contributed by atoms with van der Waals surface area (Å²) in [6, 6.07) is 8.29. The van der Waals surface area contributed by atoms with Crippen LogP contribution in [0.5, 0.6) is 11.5 Å². The number of nitrogens with zero attached hydrogens (tertiary/aromatic N) is 3. The van der Waals surface area contributed by atoms with Crippen molar-refractivity contribution in [3.05, 3.63) is 75.8 Å². The number of anilines is 1. The van der Waals surface area contributed by atoms with Crippen LogP contribution >= 0.6 is 33.2 Å². The molecule has 25 nitrogen and oxygen atoms in total. The molecule has 2 aromatic carbocycles. The molecule has 91 heavy (non-hydrogen) atoms. The molecule has 6 amide bonds. The molecule has 0 spiro atoms. The van der Waals surface area contributed by atoms with Gasteiger partial charge in [0.05, 0.1) is 84.2 Å². The number of nitrogens with one attached hydrogen (secondary N) is 3. The SMILES string of the molecule is COc1cc2cc(c1Cl)NC(=O)CC(OC(=O)[C@H](C)N(C)C(=O)CCSSC(C)(C)CC(=O)N/N=C1\CCCc3cc(OCCOCCOCCOCCOCCC(=O)ON4C(=O)CCC4=O)ccc31)CCC(C)[C@@H]1CC(O)(NC(=O)O1)C(OC)/C=C/C=C(\C)C2. The first-order chi connectivity index (χ1) is 43.5. The highest BCUT2D eigenvalue weighted by Gasteiger charge is 2.46. The van der Waals surface area contributed by atoms with Crippen LogP contribution in [-0.2, 0) is 84.4 Å². The van der Waals surface area contributed by atoms with Crippen molar-refractivity contribution in [3.63, 3.8) is 0 Å². The lowest BCUT2D eigenvalue weighted by Gasteiger charge is -2.42. The number of hydrogen-bond acceptors (Lipinski definition) is 22. The summed E-state index contributed by atoms with van der Waals surface area (Å²) in [4.78, 5) is 108. The number of rotatable bonds is 30. The second-order valence-corrected chi connectivity index (χ2v) is 26.6. The fourth-order valence-corrected chi connectivity index (χ4v) is 12.9. The molecule has 502 valence electrons. The summed E-state index contributed by atoms with van der Waals surface area (Å²) in [7, 11) is 7.32. The number of likely N-dealkylation sites (N-methyl/N-ethyl adjacent to an activating group) is 1. The van der Waals surface area contributed by atoms with Crippen LogP contribution in [0.3, 0.4) is 0 Å². The normalized spacial score (nSPS) is 22.3.